The zero-order chi connectivity index (χ0) is 20.7. The fourth-order valence-corrected chi connectivity index (χ4v) is 4.16. The van der Waals surface area contributed by atoms with E-state index < -0.39 is 32.7 Å². The van der Waals surface area contributed by atoms with Crippen LogP contribution in [0.3, 0.4) is 0 Å². The molecule has 0 atom stereocenters. The summed E-state index contributed by atoms with van der Waals surface area (Å²) >= 11 is 6.03. The molecule has 0 spiro atoms. The van der Waals surface area contributed by atoms with Gasteiger partial charge in [-0.1, -0.05) is 42.2 Å². The van der Waals surface area contributed by atoms with Gasteiger partial charge in [0.2, 0.25) is 0 Å². The molecule has 0 aliphatic carbocycles. The molecule has 1 fully saturated rings. The number of amides is 1. The molecule has 29 heavy (non-hydrogen) atoms. The quantitative estimate of drug-likeness (QED) is 0.290. The molecular formula is C17H9F3NNaO4S3. The minimum atomic E-state index is -4.59. The molecule has 1 heterocycles. The van der Waals surface area contributed by atoms with E-state index in [0.29, 0.717) is 5.56 Å². The van der Waals surface area contributed by atoms with Crippen molar-refractivity contribution in [3.05, 3.63) is 64.6 Å². The van der Waals surface area contributed by atoms with E-state index in [0.717, 1.165) is 40.9 Å². The number of benzene rings is 2. The average Bonchev–Trinajstić information content (AvgIpc) is 2.87. The Bertz CT molecular complexity index is 1100. The maximum Gasteiger partial charge on any atom is 1.00 e. The second kappa shape index (κ2) is 8.88. The van der Waals surface area contributed by atoms with Gasteiger partial charge in [-0.05, 0) is 42.0 Å². The Hall–Kier alpha value is -1.21. The van der Waals surface area contributed by atoms with Crippen LogP contribution in [0, 0.1) is 0 Å². The monoisotopic (exact) mass is 467 g/mol. The summed E-state index contributed by atoms with van der Waals surface area (Å²) in [6, 6.07) is 9.12. The number of rotatable bonds is 3. The predicted octanol–water partition coefficient (Wildman–Crippen LogP) is 1.02. The van der Waals surface area contributed by atoms with E-state index in [9.17, 15) is 30.9 Å². The standard InChI is InChI=1S/C17H10F3NO4S3.Na/c18-17(19,20)11-2-1-3-12(9-11)21-15(22)14(27-16(21)26)8-10-4-6-13(7-5-10)28(23,24)25;/h1-9H,(H,23,24,25);/q;+1/p-1/b14-8-;. The van der Waals surface area contributed by atoms with Crippen LogP contribution in [0.5, 0.6) is 0 Å². The molecule has 5 nitrogen and oxygen atoms in total. The maximum absolute atomic E-state index is 12.9. The molecule has 1 saturated heterocycles. The van der Waals surface area contributed by atoms with Crippen LogP contribution >= 0.6 is 24.0 Å². The molecule has 0 N–H and O–H groups in total. The van der Waals surface area contributed by atoms with Gasteiger partial charge in [0.05, 0.1) is 21.1 Å². The van der Waals surface area contributed by atoms with E-state index in [1.54, 1.807) is 0 Å². The number of nitrogens with zero attached hydrogens (tertiary/aromatic N) is 1. The van der Waals surface area contributed by atoms with Crippen molar-refractivity contribution in [3.63, 3.8) is 0 Å². The summed E-state index contributed by atoms with van der Waals surface area (Å²) in [5.41, 5.74) is -0.483. The van der Waals surface area contributed by atoms with E-state index in [1.165, 1.54) is 30.3 Å². The summed E-state index contributed by atoms with van der Waals surface area (Å²) in [5, 5.41) is 0. The minimum absolute atomic E-state index is 0. The molecule has 0 bridgehead atoms. The molecular weight excluding hydrogens is 458 g/mol. The van der Waals surface area contributed by atoms with Crippen molar-refractivity contribution in [2.75, 3.05) is 4.90 Å². The summed E-state index contributed by atoms with van der Waals surface area (Å²) in [6.07, 6.45) is -3.15. The van der Waals surface area contributed by atoms with Crippen molar-refractivity contribution in [2.24, 2.45) is 0 Å². The van der Waals surface area contributed by atoms with Crippen LogP contribution in [0.2, 0.25) is 0 Å². The summed E-state index contributed by atoms with van der Waals surface area (Å²) in [4.78, 5) is 13.4. The Morgan fingerprint density at radius 2 is 1.72 bits per heavy atom. The number of thiocarbonyl (C=S) groups is 1. The first-order chi connectivity index (χ1) is 13.0. The minimum Gasteiger partial charge on any atom is -0.744 e. The van der Waals surface area contributed by atoms with Gasteiger partial charge >= 0.3 is 35.7 Å². The zero-order valence-corrected chi connectivity index (χ0v) is 19.1. The number of carbonyl (C=O) groups is 1. The Kier molecular flexibility index (Phi) is 7.37. The molecule has 146 valence electrons. The molecule has 0 saturated carbocycles. The Morgan fingerprint density at radius 1 is 1.10 bits per heavy atom. The van der Waals surface area contributed by atoms with Gasteiger partial charge < -0.3 is 4.55 Å². The summed E-state index contributed by atoms with van der Waals surface area (Å²) in [7, 11) is -4.59. The summed E-state index contributed by atoms with van der Waals surface area (Å²) < 4.78 is 71.6. The third-order valence-electron chi connectivity index (χ3n) is 3.69. The molecule has 2 aromatic rings. The van der Waals surface area contributed by atoms with Gasteiger partial charge in [0.1, 0.15) is 10.1 Å². The number of alkyl halides is 3. The van der Waals surface area contributed by atoms with Gasteiger partial charge in [0.15, 0.2) is 4.32 Å². The van der Waals surface area contributed by atoms with Crippen LogP contribution < -0.4 is 34.5 Å². The fourth-order valence-electron chi connectivity index (χ4n) is 2.39. The number of carbonyl (C=O) groups excluding carboxylic acids is 1. The van der Waals surface area contributed by atoms with Gasteiger partial charge in [0.25, 0.3) is 5.91 Å². The van der Waals surface area contributed by atoms with Crippen molar-refractivity contribution in [2.45, 2.75) is 11.1 Å². The van der Waals surface area contributed by atoms with Crippen LogP contribution in [-0.2, 0) is 21.1 Å². The SMILES string of the molecule is O=C1/C(=C/c2ccc(S(=O)(=O)[O-])cc2)SC(=S)N1c1cccc(C(F)(F)F)c1.[Na+]. The summed E-state index contributed by atoms with van der Waals surface area (Å²) in [6.45, 7) is 0. The Balaban J connectivity index is 0.00000300. The van der Waals surface area contributed by atoms with E-state index in [2.05, 4.69) is 0 Å². The number of thioether (sulfide) groups is 1. The van der Waals surface area contributed by atoms with Crippen molar-refractivity contribution in [1.29, 1.82) is 0 Å². The predicted molar refractivity (Wildman–Crippen MR) is 102 cm³/mol. The van der Waals surface area contributed by atoms with E-state index in [-0.39, 0.29) is 44.5 Å². The largest absolute Gasteiger partial charge is 1.00 e. The third-order valence-corrected chi connectivity index (χ3v) is 5.84. The zero-order valence-electron chi connectivity index (χ0n) is 14.6. The number of halogens is 3. The fraction of sp³-hybridized carbons (Fsp3) is 0.0588. The van der Waals surface area contributed by atoms with E-state index >= 15 is 0 Å². The number of hydrogen-bond acceptors (Lipinski definition) is 6. The van der Waals surface area contributed by atoms with Gasteiger partial charge in [-0.2, -0.15) is 13.2 Å². The van der Waals surface area contributed by atoms with E-state index in [1.807, 2.05) is 0 Å². The molecule has 1 aliphatic rings. The van der Waals surface area contributed by atoms with Crippen LogP contribution in [0.4, 0.5) is 18.9 Å². The van der Waals surface area contributed by atoms with Gasteiger partial charge in [-0.15, -0.1) is 0 Å². The van der Waals surface area contributed by atoms with Crippen LogP contribution in [0.15, 0.2) is 58.3 Å². The molecule has 0 radical (unpaired) electrons. The second-order valence-corrected chi connectivity index (χ2v) is 8.64. The van der Waals surface area contributed by atoms with Crippen LogP contribution in [-0.4, -0.2) is 23.2 Å². The van der Waals surface area contributed by atoms with E-state index in [4.69, 9.17) is 12.2 Å². The van der Waals surface area contributed by atoms with Crippen molar-refractivity contribution >= 4 is 56.1 Å². The molecule has 0 unspecified atom stereocenters. The normalized spacial score (nSPS) is 16.3. The van der Waals surface area contributed by atoms with Crippen molar-refractivity contribution < 1.29 is 60.5 Å². The number of hydrogen-bond donors (Lipinski definition) is 0. The molecule has 3 rings (SSSR count). The molecule has 12 heteroatoms. The van der Waals surface area contributed by atoms with Crippen molar-refractivity contribution in [1.82, 2.24) is 0 Å². The smallest absolute Gasteiger partial charge is 0.744 e. The first-order valence-corrected chi connectivity index (χ1v) is 10.1. The van der Waals surface area contributed by atoms with Crippen LogP contribution in [0.25, 0.3) is 6.08 Å². The Morgan fingerprint density at radius 3 is 2.28 bits per heavy atom. The van der Waals surface area contributed by atoms with Crippen molar-refractivity contribution in [3.8, 4) is 0 Å². The van der Waals surface area contributed by atoms with Gasteiger partial charge in [-0.3, -0.25) is 9.69 Å². The third kappa shape index (κ3) is 5.48. The topological polar surface area (TPSA) is 77.5 Å². The number of anilines is 1. The van der Waals surface area contributed by atoms with Gasteiger partial charge in [0, 0.05) is 0 Å². The second-order valence-electron chi connectivity index (χ2n) is 5.59. The van der Waals surface area contributed by atoms with Crippen LogP contribution in [0.1, 0.15) is 11.1 Å². The first-order valence-electron chi connectivity index (χ1n) is 7.48. The maximum atomic E-state index is 12.9. The average molecular weight is 467 g/mol. The first kappa shape index (κ1) is 24.1. The summed E-state index contributed by atoms with van der Waals surface area (Å²) in [5.74, 6) is -0.602. The molecule has 1 aliphatic heterocycles. The molecule has 2 aromatic carbocycles. The Labute approximate surface area is 196 Å². The molecule has 0 aromatic heterocycles. The van der Waals surface area contributed by atoms with Gasteiger partial charge in [-0.25, -0.2) is 8.42 Å². The molecule has 1 amide bonds.